The number of anilines is 1. The number of nitrogens with two attached hydrogens (primary N) is 6. The highest BCUT2D eigenvalue weighted by atomic mass is 35.5. The number of carbonyl (C=O) groups is 8. The number of aromatic nitrogens is 6. The third kappa shape index (κ3) is 24.5. The van der Waals surface area contributed by atoms with Gasteiger partial charge in [-0.25, -0.2) is 29.7 Å². The van der Waals surface area contributed by atoms with Gasteiger partial charge in [0.25, 0.3) is 11.8 Å². The van der Waals surface area contributed by atoms with Crippen LogP contribution < -0.4 is 71.6 Å². The number of alkyl halides is 1. The van der Waals surface area contributed by atoms with Crippen LogP contribution in [0, 0.1) is 18.8 Å². The largest absolute Gasteiger partial charge is 0.441 e. The summed E-state index contributed by atoms with van der Waals surface area (Å²) < 4.78 is 28.8. The zero-order valence-corrected chi connectivity index (χ0v) is 62.1. The molecule has 8 amide bonds. The van der Waals surface area contributed by atoms with Crippen LogP contribution in [0.25, 0.3) is 10.7 Å². The first-order chi connectivity index (χ1) is 51.3. The Kier molecular flexibility index (Phi) is 33.7. The molecule has 1 aliphatic carbocycles. The van der Waals surface area contributed by atoms with Crippen LogP contribution >= 0.6 is 34.3 Å². The van der Waals surface area contributed by atoms with E-state index in [1.54, 1.807) is 10.8 Å². The predicted molar refractivity (Wildman–Crippen MR) is 385 cm³/mol. The zero-order chi connectivity index (χ0) is 79.2. The number of thiazole rings is 2. The van der Waals surface area contributed by atoms with Gasteiger partial charge in [-0.2, -0.15) is 0 Å². The molecule has 0 radical (unpaired) electrons. The molecule has 6 heterocycles. The molecular formula is C64H99ClN20O21S2. The van der Waals surface area contributed by atoms with Gasteiger partial charge in [0.15, 0.2) is 18.7 Å². The minimum atomic E-state index is -2.20. The maximum atomic E-state index is 15.2. The fraction of sp³-hybridized carbons (Fsp3) is 0.656. The van der Waals surface area contributed by atoms with Crippen LogP contribution in [0.15, 0.2) is 28.3 Å². The molecule has 1 saturated carbocycles. The average Bonchev–Trinajstić information content (AvgIpc) is 0.903. The number of aliphatic hydroxyl groups excluding tert-OH is 8. The number of aliphatic imine (C=N–C) groups is 1. The lowest BCUT2D eigenvalue weighted by atomic mass is 9.86. The van der Waals surface area contributed by atoms with Gasteiger partial charge in [-0.1, -0.05) is 6.92 Å². The van der Waals surface area contributed by atoms with Crippen molar-refractivity contribution in [1.29, 1.82) is 0 Å². The summed E-state index contributed by atoms with van der Waals surface area (Å²) >= 11 is 8.72. The van der Waals surface area contributed by atoms with Gasteiger partial charge >= 0.3 is 6.09 Å². The van der Waals surface area contributed by atoms with Crippen molar-refractivity contribution in [3.05, 3.63) is 56.8 Å². The summed E-state index contributed by atoms with van der Waals surface area (Å²) in [7, 11) is 0. The average molecular weight is 1580 g/mol. The Morgan fingerprint density at radius 3 is 2.12 bits per heavy atom. The third-order valence-electron chi connectivity index (χ3n) is 18.2. The lowest BCUT2D eigenvalue weighted by Gasteiger charge is -2.47. The minimum absolute atomic E-state index is 0.0219. The number of amides is 8. The topological polar surface area (TPSA) is 677 Å². The van der Waals surface area contributed by atoms with E-state index in [2.05, 4.69) is 72.1 Å². The van der Waals surface area contributed by atoms with Crippen LogP contribution in [0.5, 0.6) is 0 Å². The molecule has 28 N–H and O–H groups in total. The van der Waals surface area contributed by atoms with E-state index in [4.69, 9.17) is 69.7 Å². The number of rotatable bonds is 41. The number of nitrogens with zero attached hydrogens (tertiary/aromatic N) is 6. The number of halogens is 1. The highest BCUT2D eigenvalue weighted by Crippen LogP contribution is 2.35. The third-order valence-corrected chi connectivity index (χ3v) is 20.4. The lowest BCUT2D eigenvalue weighted by Crippen LogP contribution is -2.65. The van der Waals surface area contributed by atoms with E-state index in [0.29, 0.717) is 53.5 Å². The molecule has 4 aromatic heterocycles. The molecule has 44 heteroatoms. The van der Waals surface area contributed by atoms with Gasteiger partial charge in [-0.05, 0) is 78.3 Å². The maximum Gasteiger partial charge on any atom is 0.404 e. The molecule has 4 aromatic rings. The normalized spacial score (nSPS) is 25.0. The van der Waals surface area contributed by atoms with E-state index in [1.807, 2.05) is 0 Å². The Hall–Kier alpha value is -7.93. The summed E-state index contributed by atoms with van der Waals surface area (Å²) in [6.07, 6.45) is -18.7. The number of aliphatic hydroxyl groups is 8. The van der Waals surface area contributed by atoms with Gasteiger partial charge in [-0.15, -0.1) is 34.3 Å². The van der Waals surface area contributed by atoms with E-state index in [9.17, 15) is 74.4 Å². The van der Waals surface area contributed by atoms with Gasteiger partial charge in [0.05, 0.1) is 78.5 Å². The zero-order valence-electron chi connectivity index (χ0n) is 59.7. The Morgan fingerprint density at radius 1 is 0.769 bits per heavy atom. The number of hydrogen-bond acceptors (Lipinski definition) is 33. The van der Waals surface area contributed by atoms with E-state index >= 15 is 4.79 Å². The standard InChI is InChI=1S/C64H99ClN20O21S2/c1-26-42(82-55(85-53(26)69)33(18-40(68)89)77-19-32(66)54(70)95)59(99)84-44(50(34-20-73-25-78-34)104-63-52(48(93)46(91)37(21-86)103-63)105-62-49(94)51(106-64(71)101)47(92)38(22-87)102-62)60(100)79-28(3)45(90)27(2)56(96)83-43(29(4)88)58(98)76-16-11-41-80-36(24-107-41)61-81-35(23-108-61)57(97)75-15-6-13-72-12-5-14-74-39(67)17-30-7-9-31(65)10-8-30/h20,23-25,27-33,37-38,43-52,62-63,72,77,86-88,90-94H,5-19,21-22,66H2,1-4H3,(H2,67,74)(H2,68,89)(H2,70,95)(H2,71,101)(H,73,78)(H,75,97)(H,76,98)(H,79,100)(H,83,96)(H,84,99)(H2,69,82,85). The number of carbonyl (C=O) groups excluding carboxylic acids is 8. The molecule has 0 aromatic carbocycles. The SMILES string of the molecule is Cc1c(N)nc(C(CC(N)=O)NCC(N)C(N)=O)nc1C(=O)NC(C(=O)NC(C)C(O)C(C)C(=O)NC(C(=O)NCCc1nc(-c2nc(C(=O)NCCCNCCCN=C(N)CC3CCC(Cl)CC3)cs2)cs1)C(C)O)C(OC1OC(CO)C(O)C(O)C1OC1OC(CO)C(O)C(OC(N)=O)C1O)c1cnc[nH]1. The van der Waals surface area contributed by atoms with Crippen LogP contribution in [0.1, 0.15) is 127 Å². The summed E-state index contributed by atoms with van der Waals surface area (Å²) in [6.45, 7) is 5.12. The molecule has 19 atom stereocenters. The minimum Gasteiger partial charge on any atom is -0.441 e. The van der Waals surface area contributed by atoms with E-state index in [1.165, 1.54) is 50.4 Å². The number of hydrogen-bond donors (Lipinski definition) is 22. The number of ether oxygens (including phenoxy) is 5. The van der Waals surface area contributed by atoms with E-state index in [-0.39, 0.29) is 59.4 Å². The number of amidine groups is 1. The number of imidazole rings is 1. The number of primary amides is 3. The first-order valence-electron chi connectivity index (χ1n) is 34.9. The fourth-order valence-corrected chi connectivity index (χ4v) is 13.8. The summed E-state index contributed by atoms with van der Waals surface area (Å²) in [5, 5.41) is 112. The lowest BCUT2D eigenvalue weighted by molar-refractivity contribution is -0.372. The van der Waals surface area contributed by atoms with Crippen molar-refractivity contribution in [2.45, 2.75) is 201 Å². The second-order valence-corrected chi connectivity index (χ2v) is 28.8. The van der Waals surface area contributed by atoms with Crippen LogP contribution in [0.2, 0.25) is 0 Å². The van der Waals surface area contributed by atoms with Gasteiger partial charge < -0.3 is 141 Å². The van der Waals surface area contributed by atoms with Crippen molar-refractivity contribution in [2.24, 2.45) is 45.5 Å². The Morgan fingerprint density at radius 2 is 1.46 bits per heavy atom. The smallest absolute Gasteiger partial charge is 0.404 e. The second-order valence-electron chi connectivity index (χ2n) is 26.4. The van der Waals surface area contributed by atoms with Crippen LogP contribution in [0.4, 0.5) is 10.6 Å². The molecule has 2 aliphatic heterocycles. The number of H-pyrrole nitrogens is 1. The van der Waals surface area contributed by atoms with Gasteiger partial charge in [0, 0.05) is 67.1 Å². The molecule has 41 nitrogen and oxygen atoms in total. The van der Waals surface area contributed by atoms with Crippen LogP contribution in [-0.2, 0) is 54.1 Å². The van der Waals surface area contributed by atoms with Crippen molar-refractivity contribution in [3.8, 4) is 10.7 Å². The molecule has 0 spiro atoms. The molecule has 0 bridgehead atoms. The molecule has 19 unspecified atom stereocenters. The monoisotopic (exact) mass is 1580 g/mol. The van der Waals surface area contributed by atoms with Crippen molar-refractivity contribution >= 4 is 93.4 Å². The quantitative estimate of drug-likeness (QED) is 0.00851. The first kappa shape index (κ1) is 87.3. The molecule has 3 aliphatic rings. The molecule has 2 saturated heterocycles. The first-order valence-corrected chi connectivity index (χ1v) is 37.1. The summed E-state index contributed by atoms with van der Waals surface area (Å²) in [6, 6.07) is -7.89. The molecular weight excluding hydrogens is 1480 g/mol. The molecule has 108 heavy (non-hydrogen) atoms. The van der Waals surface area contributed by atoms with Gasteiger partial charge in [-0.3, -0.25) is 38.6 Å². The molecule has 7 rings (SSSR count). The number of nitrogens with one attached hydrogen (secondary N) is 8. The maximum absolute atomic E-state index is 15.2. The molecule has 3 fully saturated rings. The van der Waals surface area contributed by atoms with Crippen LogP contribution in [-0.4, -0.2) is 280 Å². The van der Waals surface area contributed by atoms with Crippen molar-refractivity contribution < 1.29 is 103 Å². The summed E-state index contributed by atoms with van der Waals surface area (Å²) in [4.78, 5) is 136. The van der Waals surface area contributed by atoms with Crippen LogP contribution in [0.3, 0.4) is 0 Å². The summed E-state index contributed by atoms with van der Waals surface area (Å²) in [5.74, 6) is -7.54. The van der Waals surface area contributed by atoms with Crippen molar-refractivity contribution in [1.82, 2.24) is 67.1 Å². The van der Waals surface area contributed by atoms with Gasteiger partial charge in [0.2, 0.25) is 29.5 Å². The van der Waals surface area contributed by atoms with Crippen molar-refractivity contribution in [3.63, 3.8) is 0 Å². The Bertz CT molecular complexity index is 3650. The summed E-state index contributed by atoms with van der Waals surface area (Å²) in [5.41, 5.74) is 34.2. The fourth-order valence-electron chi connectivity index (χ4n) is 11.9. The molecule has 600 valence electrons. The number of nitrogen functional groups attached to an aromatic ring is 1. The Balaban J connectivity index is 1.02. The Labute approximate surface area is 632 Å². The highest BCUT2D eigenvalue weighted by molar-refractivity contribution is 7.14. The second kappa shape index (κ2) is 41.8. The van der Waals surface area contributed by atoms with Crippen molar-refractivity contribution in [2.75, 3.05) is 58.2 Å². The number of aromatic amines is 1. The predicted octanol–water partition coefficient (Wildman–Crippen LogP) is -6.06. The highest BCUT2D eigenvalue weighted by Gasteiger charge is 2.54. The van der Waals surface area contributed by atoms with E-state index in [0.717, 1.165) is 57.6 Å². The van der Waals surface area contributed by atoms with E-state index < -0.39 is 183 Å². The van der Waals surface area contributed by atoms with Gasteiger partial charge in [0.1, 0.15) is 94.6 Å².